The number of benzene rings is 2. The first-order valence-electron chi connectivity index (χ1n) is 9.69. The van der Waals surface area contributed by atoms with Gasteiger partial charge in [0.15, 0.2) is 18.2 Å². The van der Waals surface area contributed by atoms with Crippen molar-refractivity contribution >= 4 is 23.0 Å². The molecule has 156 valence electrons. The zero-order valence-corrected chi connectivity index (χ0v) is 17.6. The van der Waals surface area contributed by atoms with Crippen LogP contribution in [0.4, 0.5) is 0 Å². The van der Waals surface area contributed by atoms with Crippen LogP contribution in [0.2, 0.25) is 0 Å². The summed E-state index contributed by atoms with van der Waals surface area (Å²) in [5.41, 5.74) is 1.98. The maximum absolute atomic E-state index is 12.4. The van der Waals surface area contributed by atoms with Gasteiger partial charge in [-0.3, -0.25) is 9.59 Å². The summed E-state index contributed by atoms with van der Waals surface area (Å²) in [5.74, 6) is 1.49. The molecule has 0 bridgehead atoms. The van der Waals surface area contributed by atoms with Gasteiger partial charge in [-0.25, -0.2) is 4.98 Å². The summed E-state index contributed by atoms with van der Waals surface area (Å²) in [6.07, 6.45) is 0. The van der Waals surface area contributed by atoms with Crippen LogP contribution in [0, 0.1) is 6.92 Å². The molecular formula is C24H20N2O4S. The number of hydrogen-bond acceptors (Lipinski definition) is 6. The van der Waals surface area contributed by atoms with E-state index in [1.807, 2.05) is 42.6 Å². The van der Waals surface area contributed by atoms with Gasteiger partial charge in [0.2, 0.25) is 0 Å². The summed E-state index contributed by atoms with van der Waals surface area (Å²) in [7, 11) is 0. The number of furan rings is 1. The molecule has 7 heteroatoms. The third-order valence-electron chi connectivity index (χ3n) is 4.52. The lowest BCUT2D eigenvalue weighted by Gasteiger charge is -2.07. The molecule has 1 amide bonds. The Bertz CT molecular complexity index is 1180. The normalized spacial score (nSPS) is 10.6. The van der Waals surface area contributed by atoms with E-state index in [1.165, 1.54) is 0 Å². The highest BCUT2D eigenvalue weighted by molar-refractivity contribution is 7.09. The van der Waals surface area contributed by atoms with Crippen molar-refractivity contribution in [2.24, 2.45) is 0 Å². The maximum Gasteiger partial charge on any atom is 0.258 e. The topological polar surface area (TPSA) is 81.4 Å². The SMILES string of the molecule is Cc1nc(-c2ccc(CNC(=O)COc3ccc(C(=O)c4ccccc4)cc3)o2)cs1. The zero-order valence-electron chi connectivity index (χ0n) is 16.8. The van der Waals surface area contributed by atoms with E-state index in [1.54, 1.807) is 47.7 Å². The van der Waals surface area contributed by atoms with Crippen molar-refractivity contribution in [1.82, 2.24) is 10.3 Å². The van der Waals surface area contributed by atoms with Crippen molar-refractivity contribution in [3.8, 4) is 17.2 Å². The number of carbonyl (C=O) groups is 2. The van der Waals surface area contributed by atoms with Gasteiger partial charge in [0, 0.05) is 16.5 Å². The molecule has 2 heterocycles. The third-order valence-corrected chi connectivity index (χ3v) is 5.29. The Labute approximate surface area is 183 Å². The molecule has 0 saturated carbocycles. The number of aromatic nitrogens is 1. The first kappa shape index (κ1) is 20.6. The Hall–Kier alpha value is -3.71. The van der Waals surface area contributed by atoms with Gasteiger partial charge in [0.05, 0.1) is 11.6 Å². The predicted octanol–water partition coefficient (Wildman–Crippen LogP) is 4.64. The molecule has 0 aliphatic rings. The van der Waals surface area contributed by atoms with Gasteiger partial charge in [-0.1, -0.05) is 30.3 Å². The zero-order chi connectivity index (χ0) is 21.6. The molecule has 0 aliphatic carbocycles. The molecule has 31 heavy (non-hydrogen) atoms. The van der Waals surface area contributed by atoms with E-state index in [0.29, 0.717) is 28.4 Å². The van der Waals surface area contributed by atoms with Crippen LogP contribution in [0.1, 0.15) is 26.7 Å². The highest BCUT2D eigenvalue weighted by Crippen LogP contribution is 2.23. The van der Waals surface area contributed by atoms with Crippen molar-refractivity contribution < 1.29 is 18.7 Å². The van der Waals surface area contributed by atoms with Gasteiger partial charge in [0.1, 0.15) is 17.2 Å². The van der Waals surface area contributed by atoms with E-state index in [0.717, 1.165) is 10.7 Å². The Morgan fingerprint density at radius 2 is 1.74 bits per heavy atom. The number of amides is 1. The van der Waals surface area contributed by atoms with E-state index in [2.05, 4.69) is 10.3 Å². The van der Waals surface area contributed by atoms with E-state index in [-0.39, 0.29) is 24.8 Å². The quantitative estimate of drug-likeness (QED) is 0.410. The first-order valence-corrected chi connectivity index (χ1v) is 10.6. The number of hydrogen-bond donors (Lipinski definition) is 1. The molecular weight excluding hydrogens is 412 g/mol. The molecule has 0 saturated heterocycles. The molecule has 0 radical (unpaired) electrons. The van der Waals surface area contributed by atoms with Crippen LogP contribution in [0.5, 0.6) is 5.75 Å². The summed E-state index contributed by atoms with van der Waals surface area (Å²) < 4.78 is 11.2. The second-order valence-corrected chi connectivity index (χ2v) is 7.86. The second kappa shape index (κ2) is 9.40. The minimum atomic E-state index is -0.271. The summed E-state index contributed by atoms with van der Waals surface area (Å²) in [5, 5.41) is 5.66. The summed E-state index contributed by atoms with van der Waals surface area (Å²) in [6.45, 7) is 2.06. The van der Waals surface area contributed by atoms with Crippen LogP contribution >= 0.6 is 11.3 Å². The van der Waals surface area contributed by atoms with Crippen LogP contribution in [0.3, 0.4) is 0 Å². The Kier molecular flexibility index (Phi) is 6.24. The molecule has 1 N–H and O–H groups in total. The smallest absolute Gasteiger partial charge is 0.258 e. The lowest BCUT2D eigenvalue weighted by atomic mass is 10.0. The number of nitrogens with zero attached hydrogens (tertiary/aromatic N) is 1. The minimum absolute atomic E-state index is 0.0597. The standard InChI is InChI=1S/C24H20N2O4S/c1-16-26-21(15-31-16)22-12-11-20(30-22)13-25-23(27)14-29-19-9-7-18(8-10-19)24(28)17-5-3-2-4-6-17/h2-12,15H,13-14H2,1H3,(H,25,27). The summed E-state index contributed by atoms with van der Waals surface area (Å²) >= 11 is 1.56. The van der Waals surface area contributed by atoms with Crippen LogP contribution in [0.15, 0.2) is 76.5 Å². The summed E-state index contributed by atoms with van der Waals surface area (Å²) in [6, 6.07) is 19.5. The van der Waals surface area contributed by atoms with Crippen LogP contribution in [0.25, 0.3) is 11.5 Å². The fraction of sp³-hybridized carbons (Fsp3) is 0.125. The first-order chi connectivity index (χ1) is 15.1. The van der Waals surface area contributed by atoms with Crippen LogP contribution < -0.4 is 10.1 Å². The van der Waals surface area contributed by atoms with Crippen molar-refractivity contribution in [3.63, 3.8) is 0 Å². The molecule has 0 fully saturated rings. The molecule has 4 aromatic rings. The lowest BCUT2D eigenvalue weighted by Crippen LogP contribution is -2.28. The molecule has 4 rings (SSSR count). The van der Waals surface area contributed by atoms with Crippen LogP contribution in [-0.2, 0) is 11.3 Å². The average Bonchev–Trinajstić information content (AvgIpc) is 3.45. The largest absolute Gasteiger partial charge is 0.484 e. The van der Waals surface area contributed by atoms with E-state index < -0.39 is 0 Å². The van der Waals surface area contributed by atoms with E-state index >= 15 is 0 Å². The molecule has 0 atom stereocenters. The van der Waals surface area contributed by atoms with Crippen LogP contribution in [-0.4, -0.2) is 23.3 Å². The highest BCUT2D eigenvalue weighted by atomic mass is 32.1. The highest BCUT2D eigenvalue weighted by Gasteiger charge is 2.11. The molecule has 0 spiro atoms. The number of ketones is 1. The minimum Gasteiger partial charge on any atom is -0.484 e. The Morgan fingerprint density at radius 3 is 2.45 bits per heavy atom. The predicted molar refractivity (Wildman–Crippen MR) is 118 cm³/mol. The average molecular weight is 433 g/mol. The fourth-order valence-corrected chi connectivity index (χ4v) is 3.53. The van der Waals surface area contributed by atoms with Gasteiger partial charge >= 0.3 is 0 Å². The van der Waals surface area contributed by atoms with Gasteiger partial charge in [-0.15, -0.1) is 11.3 Å². The number of thiazole rings is 1. The number of ether oxygens (including phenoxy) is 1. The number of rotatable bonds is 8. The van der Waals surface area contributed by atoms with Crippen molar-refractivity contribution in [2.75, 3.05) is 6.61 Å². The number of carbonyl (C=O) groups excluding carboxylic acids is 2. The van der Waals surface area contributed by atoms with E-state index in [4.69, 9.17) is 9.15 Å². The van der Waals surface area contributed by atoms with Gasteiger partial charge in [-0.2, -0.15) is 0 Å². The Balaban J connectivity index is 1.25. The lowest BCUT2D eigenvalue weighted by molar-refractivity contribution is -0.123. The van der Waals surface area contributed by atoms with Crippen molar-refractivity contribution in [3.05, 3.63) is 94.0 Å². The molecule has 6 nitrogen and oxygen atoms in total. The molecule has 2 aromatic heterocycles. The van der Waals surface area contributed by atoms with Gasteiger partial charge in [0.25, 0.3) is 5.91 Å². The molecule has 2 aromatic carbocycles. The molecule has 0 unspecified atom stereocenters. The fourth-order valence-electron chi connectivity index (χ4n) is 2.93. The second-order valence-electron chi connectivity index (χ2n) is 6.80. The van der Waals surface area contributed by atoms with Crippen molar-refractivity contribution in [2.45, 2.75) is 13.5 Å². The van der Waals surface area contributed by atoms with E-state index in [9.17, 15) is 9.59 Å². The number of nitrogens with one attached hydrogen (secondary N) is 1. The molecule has 0 aliphatic heterocycles. The van der Waals surface area contributed by atoms with Gasteiger partial charge in [-0.05, 0) is 43.3 Å². The third kappa shape index (κ3) is 5.26. The Morgan fingerprint density at radius 1 is 1.00 bits per heavy atom. The van der Waals surface area contributed by atoms with Gasteiger partial charge < -0.3 is 14.5 Å². The maximum atomic E-state index is 12.4. The number of aryl methyl sites for hydroxylation is 1. The monoisotopic (exact) mass is 432 g/mol. The summed E-state index contributed by atoms with van der Waals surface area (Å²) in [4.78, 5) is 28.9. The van der Waals surface area contributed by atoms with Crippen molar-refractivity contribution in [1.29, 1.82) is 0 Å².